The third-order valence-corrected chi connectivity index (χ3v) is 6.08. The molecule has 2 heteroatoms. The molecule has 0 radical (unpaired) electrons. The van der Waals surface area contributed by atoms with E-state index < -0.39 is 0 Å². The van der Waals surface area contributed by atoms with E-state index >= 15 is 0 Å². The molecule has 2 aliphatic carbocycles. The Hall–Kier alpha value is -1.83. The number of hydrogen-bond acceptors (Lipinski definition) is 2. The maximum absolute atomic E-state index is 4.96. The van der Waals surface area contributed by atoms with Gasteiger partial charge in [-0.1, -0.05) is 37.5 Å². The van der Waals surface area contributed by atoms with Crippen molar-refractivity contribution in [1.29, 1.82) is 0 Å². The van der Waals surface area contributed by atoms with Crippen LogP contribution in [0.25, 0.3) is 17.0 Å². The summed E-state index contributed by atoms with van der Waals surface area (Å²) in [4.78, 5) is 7.71. The van der Waals surface area contributed by atoms with Crippen LogP contribution < -0.4 is 0 Å². The summed E-state index contributed by atoms with van der Waals surface area (Å²) in [6, 6.07) is 11.7. The fourth-order valence-corrected chi connectivity index (χ4v) is 4.54. The first kappa shape index (κ1) is 13.6. The second-order valence-electron chi connectivity index (χ2n) is 7.49. The number of allylic oxidation sites excluding steroid dienone is 1. The van der Waals surface area contributed by atoms with Crippen molar-refractivity contribution >= 4 is 17.0 Å². The Balaban J connectivity index is 1.60. The van der Waals surface area contributed by atoms with Gasteiger partial charge in [0.05, 0.1) is 11.2 Å². The summed E-state index contributed by atoms with van der Waals surface area (Å²) in [6.45, 7) is 1.07. The van der Waals surface area contributed by atoms with E-state index in [0.717, 1.165) is 24.0 Å². The van der Waals surface area contributed by atoms with Crippen molar-refractivity contribution in [2.75, 3.05) is 0 Å². The van der Waals surface area contributed by atoms with Gasteiger partial charge in [0.15, 0.2) is 0 Å². The van der Waals surface area contributed by atoms with Gasteiger partial charge < -0.3 is 4.90 Å². The quantitative estimate of drug-likeness (QED) is 0.764. The molecule has 5 rings (SSSR count). The number of pyridine rings is 1. The summed E-state index contributed by atoms with van der Waals surface area (Å²) in [6.07, 6.45) is 12.1. The molecular formula is C21H24N2. The largest absolute Gasteiger partial charge is 0.367 e. The van der Waals surface area contributed by atoms with Gasteiger partial charge in [0.25, 0.3) is 0 Å². The van der Waals surface area contributed by atoms with Crippen LogP contribution in [0.3, 0.4) is 0 Å². The summed E-state index contributed by atoms with van der Waals surface area (Å²) < 4.78 is 0. The summed E-state index contributed by atoms with van der Waals surface area (Å²) >= 11 is 0. The topological polar surface area (TPSA) is 16.1 Å². The van der Waals surface area contributed by atoms with Crippen LogP contribution in [0.2, 0.25) is 0 Å². The number of benzene rings is 1. The minimum absolute atomic E-state index is 0.765. The van der Waals surface area contributed by atoms with Gasteiger partial charge in [-0.2, -0.15) is 0 Å². The highest BCUT2D eigenvalue weighted by Crippen LogP contribution is 2.42. The molecule has 2 fully saturated rings. The first-order valence-electron chi connectivity index (χ1n) is 9.25. The molecule has 118 valence electrons. The molecule has 0 amide bonds. The van der Waals surface area contributed by atoms with Gasteiger partial charge in [-0.3, -0.25) is 0 Å². The minimum atomic E-state index is 0.765. The molecule has 0 N–H and O–H groups in total. The average molecular weight is 304 g/mol. The predicted molar refractivity (Wildman–Crippen MR) is 94.9 cm³/mol. The van der Waals surface area contributed by atoms with Crippen molar-refractivity contribution < 1.29 is 0 Å². The number of rotatable bonds is 2. The maximum atomic E-state index is 4.96. The van der Waals surface area contributed by atoms with E-state index in [0.29, 0.717) is 0 Å². The van der Waals surface area contributed by atoms with E-state index in [1.807, 2.05) is 0 Å². The molecule has 1 aliphatic heterocycles. The SMILES string of the molecule is C1=C(C2CCC2)N(C2CCCC2)Cc2cc3ccccc3nc21. The van der Waals surface area contributed by atoms with E-state index in [1.54, 1.807) is 5.70 Å². The molecule has 2 nitrogen and oxygen atoms in total. The summed E-state index contributed by atoms with van der Waals surface area (Å²) in [7, 11) is 0. The van der Waals surface area contributed by atoms with Crippen LogP contribution in [0, 0.1) is 5.92 Å². The average Bonchev–Trinajstić information content (AvgIpc) is 3.05. The van der Waals surface area contributed by atoms with Crippen molar-refractivity contribution in [3.8, 4) is 0 Å². The number of fused-ring (bicyclic) bond motifs is 2. The molecule has 2 aromatic rings. The summed E-state index contributed by atoms with van der Waals surface area (Å²) in [5.74, 6) is 0.789. The van der Waals surface area contributed by atoms with Crippen LogP contribution in [0.15, 0.2) is 36.0 Å². The Morgan fingerprint density at radius 2 is 1.78 bits per heavy atom. The number of hydrogen-bond donors (Lipinski definition) is 0. The molecule has 0 unspecified atom stereocenters. The Morgan fingerprint density at radius 3 is 2.57 bits per heavy atom. The first-order valence-corrected chi connectivity index (χ1v) is 9.25. The van der Waals surface area contributed by atoms with Gasteiger partial charge in [-0.05, 0) is 55.4 Å². The van der Waals surface area contributed by atoms with Crippen molar-refractivity contribution in [2.45, 2.75) is 57.5 Å². The molecule has 1 aromatic heterocycles. The maximum Gasteiger partial charge on any atom is 0.0709 e. The highest BCUT2D eigenvalue weighted by Gasteiger charge is 2.34. The number of para-hydroxylation sites is 1. The van der Waals surface area contributed by atoms with E-state index in [2.05, 4.69) is 41.3 Å². The van der Waals surface area contributed by atoms with Crippen LogP contribution >= 0.6 is 0 Å². The Kier molecular flexibility index (Phi) is 3.17. The molecule has 0 atom stereocenters. The first-order chi connectivity index (χ1) is 11.4. The zero-order valence-electron chi connectivity index (χ0n) is 13.7. The highest BCUT2D eigenvalue weighted by atomic mass is 15.2. The zero-order chi connectivity index (χ0) is 15.2. The molecular weight excluding hydrogens is 280 g/mol. The fourth-order valence-electron chi connectivity index (χ4n) is 4.54. The monoisotopic (exact) mass is 304 g/mol. The van der Waals surface area contributed by atoms with E-state index in [4.69, 9.17) is 4.98 Å². The van der Waals surface area contributed by atoms with Crippen molar-refractivity contribution in [2.24, 2.45) is 5.92 Å². The standard InChI is InChI=1S/C21H24N2/c1-4-11-19-16(6-1)12-17-14-23(18-9-2-3-10-18)21(13-20(17)22-19)15-7-5-8-15/h1,4,6,11-13,15,18H,2-3,5,7-10,14H2. The Labute approximate surface area is 138 Å². The smallest absolute Gasteiger partial charge is 0.0709 e. The van der Waals surface area contributed by atoms with Crippen molar-refractivity contribution in [3.63, 3.8) is 0 Å². The van der Waals surface area contributed by atoms with Crippen LogP contribution in [0.4, 0.5) is 0 Å². The molecule has 2 heterocycles. The van der Waals surface area contributed by atoms with Gasteiger partial charge >= 0.3 is 0 Å². The van der Waals surface area contributed by atoms with Gasteiger partial charge in [0.2, 0.25) is 0 Å². The van der Waals surface area contributed by atoms with Gasteiger partial charge in [0, 0.05) is 23.7 Å². The minimum Gasteiger partial charge on any atom is -0.367 e. The molecule has 0 bridgehead atoms. The second kappa shape index (κ2) is 5.36. The number of nitrogens with zero attached hydrogens (tertiary/aromatic N) is 2. The lowest BCUT2D eigenvalue weighted by Crippen LogP contribution is -2.38. The molecule has 0 spiro atoms. The third kappa shape index (κ3) is 2.27. The summed E-state index contributed by atoms with van der Waals surface area (Å²) in [5, 5.41) is 1.28. The van der Waals surface area contributed by atoms with Gasteiger partial charge in [-0.15, -0.1) is 0 Å². The molecule has 23 heavy (non-hydrogen) atoms. The lowest BCUT2D eigenvalue weighted by atomic mass is 9.80. The lowest BCUT2D eigenvalue weighted by Gasteiger charge is -2.42. The molecule has 0 saturated heterocycles. The summed E-state index contributed by atoms with van der Waals surface area (Å²) in [5.41, 5.74) is 5.36. The second-order valence-corrected chi connectivity index (χ2v) is 7.49. The molecule has 2 saturated carbocycles. The van der Waals surface area contributed by atoms with Crippen LogP contribution in [-0.4, -0.2) is 15.9 Å². The van der Waals surface area contributed by atoms with Gasteiger partial charge in [0.1, 0.15) is 0 Å². The Morgan fingerprint density at radius 1 is 0.957 bits per heavy atom. The van der Waals surface area contributed by atoms with Crippen molar-refractivity contribution in [3.05, 3.63) is 47.3 Å². The molecule has 3 aliphatic rings. The molecule has 1 aromatic carbocycles. The predicted octanol–water partition coefficient (Wildman–Crippen LogP) is 5.13. The third-order valence-electron chi connectivity index (χ3n) is 6.08. The van der Waals surface area contributed by atoms with Crippen LogP contribution in [0.1, 0.15) is 56.2 Å². The fraction of sp³-hybridized carbons (Fsp3) is 0.476. The van der Waals surface area contributed by atoms with E-state index in [9.17, 15) is 0 Å². The highest BCUT2D eigenvalue weighted by molar-refractivity contribution is 5.81. The lowest BCUT2D eigenvalue weighted by molar-refractivity contribution is 0.187. The van der Waals surface area contributed by atoms with Crippen LogP contribution in [0.5, 0.6) is 0 Å². The van der Waals surface area contributed by atoms with Crippen molar-refractivity contribution in [1.82, 2.24) is 9.88 Å². The Bertz CT molecular complexity index is 767. The van der Waals surface area contributed by atoms with E-state index in [1.165, 1.54) is 61.6 Å². The van der Waals surface area contributed by atoms with E-state index in [-0.39, 0.29) is 0 Å². The normalized spacial score (nSPS) is 22.1. The number of aromatic nitrogens is 1. The van der Waals surface area contributed by atoms with Crippen LogP contribution in [-0.2, 0) is 6.54 Å². The van der Waals surface area contributed by atoms with Gasteiger partial charge in [-0.25, -0.2) is 4.98 Å². The zero-order valence-corrected chi connectivity index (χ0v) is 13.7.